The summed E-state index contributed by atoms with van der Waals surface area (Å²) in [5.41, 5.74) is -0.113. The molecular weight excluding hydrogens is 315 g/mol. The number of halogens is 2. The van der Waals surface area contributed by atoms with Gasteiger partial charge in [0, 0.05) is 24.2 Å². The Balaban J connectivity index is 2.31. The Kier molecular flexibility index (Phi) is 5.06. The Morgan fingerprint density at radius 3 is 2.62 bits per heavy atom. The molecule has 114 valence electrons. The van der Waals surface area contributed by atoms with Gasteiger partial charge in [-0.05, 0) is 25.3 Å². The Morgan fingerprint density at radius 2 is 2.10 bits per heavy atom. The topological polar surface area (TPSA) is 63.5 Å². The number of rotatable bonds is 6. The van der Waals surface area contributed by atoms with Crippen LogP contribution in [0.5, 0.6) is 0 Å². The van der Waals surface area contributed by atoms with E-state index < -0.39 is 4.92 Å². The van der Waals surface area contributed by atoms with E-state index in [1.165, 1.54) is 12.1 Å². The van der Waals surface area contributed by atoms with E-state index >= 15 is 0 Å². The van der Waals surface area contributed by atoms with E-state index in [0.717, 1.165) is 25.7 Å². The molecule has 0 aromatic heterocycles. The van der Waals surface area contributed by atoms with Gasteiger partial charge in [0.05, 0.1) is 9.95 Å². The molecule has 1 aliphatic rings. The van der Waals surface area contributed by atoms with E-state index in [1.54, 1.807) is 4.90 Å². The highest BCUT2D eigenvalue weighted by Crippen LogP contribution is 2.35. The van der Waals surface area contributed by atoms with Gasteiger partial charge in [0.1, 0.15) is 5.02 Å². The number of nitro benzene ring substituents is 1. The molecule has 0 saturated heterocycles. The van der Waals surface area contributed by atoms with Crippen LogP contribution in [0.25, 0.3) is 0 Å². The SMILES string of the molecule is CCCCN(C(=O)c1cc(Cl)c(Cl)c([N+](=O)[O-])c1)C1CC1. The van der Waals surface area contributed by atoms with E-state index in [9.17, 15) is 14.9 Å². The van der Waals surface area contributed by atoms with Gasteiger partial charge in [-0.25, -0.2) is 0 Å². The van der Waals surface area contributed by atoms with Gasteiger partial charge in [-0.3, -0.25) is 14.9 Å². The zero-order valence-corrected chi connectivity index (χ0v) is 13.2. The number of carbonyl (C=O) groups is 1. The average Bonchev–Trinajstić information content (AvgIpc) is 3.26. The van der Waals surface area contributed by atoms with Crippen molar-refractivity contribution in [3.05, 3.63) is 37.9 Å². The number of nitro groups is 1. The number of carbonyl (C=O) groups excluding carboxylic acids is 1. The maximum atomic E-state index is 12.6. The fourth-order valence-corrected chi connectivity index (χ4v) is 2.55. The molecule has 0 atom stereocenters. The summed E-state index contributed by atoms with van der Waals surface area (Å²) in [6, 6.07) is 2.86. The van der Waals surface area contributed by atoms with Crippen LogP contribution in [-0.4, -0.2) is 28.3 Å². The summed E-state index contributed by atoms with van der Waals surface area (Å²) in [5.74, 6) is -0.215. The Hall–Kier alpha value is -1.33. The highest BCUT2D eigenvalue weighted by Gasteiger charge is 2.33. The second kappa shape index (κ2) is 6.62. The van der Waals surface area contributed by atoms with Crippen molar-refractivity contribution in [2.24, 2.45) is 0 Å². The first kappa shape index (κ1) is 16.0. The summed E-state index contributed by atoms with van der Waals surface area (Å²) in [7, 11) is 0. The first-order chi connectivity index (χ1) is 9.95. The van der Waals surface area contributed by atoms with Crippen molar-refractivity contribution in [3.63, 3.8) is 0 Å². The molecule has 1 saturated carbocycles. The highest BCUT2D eigenvalue weighted by molar-refractivity contribution is 6.43. The summed E-state index contributed by atoms with van der Waals surface area (Å²) in [5, 5.41) is 10.9. The van der Waals surface area contributed by atoms with Gasteiger partial charge >= 0.3 is 0 Å². The largest absolute Gasteiger partial charge is 0.336 e. The van der Waals surface area contributed by atoms with Crippen LogP contribution in [-0.2, 0) is 0 Å². The molecule has 1 amide bonds. The second-order valence-corrected chi connectivity index (χ2v) is 5.92. The van der Waals surface area contributed by atoms with Gasteiger partial charge in [-0.2, -0.15) is 0 Å². The zero-order chi connectivity index (χ0) is 15.6. The molecule has 21 heavy (non-hydrogen) atoms. The molecule has 2 rings (SSSR count). The molecule has 1 aromatic rings. The minimum absolute atomic E-state index is 0.0282. The average molecular weight is 331 g/mol. The van der Waals surface area contributed by atoms with Crippen LogP contribution in [0.15, 0.2) is 12.1 Å². The van der Waals surface area contributed by atoms with Gasteiger partial charge < -0.3 is 4.90 Å². The molecule has 1 aromatic carbocycles. The molecule has 0 unspecified atom stereocenters. The van der Waals surface area contributed by atoms with Gasteiger partial charge in [0.15, 0.2) is 0 Å². The van der Waals surface area contributed by atoms with Gasteiger partial charge in [-0.15, -0.1) is 0 Å². The Morgan fingerprint density at radius 1 is 1.43 bits per heavy atom. The van der Waals surface area contributed by atoms with Crippen LogP contribution in [0.1, 0.15) is 43.0 Å². The molecule has 0 aliphatic heterocycles. The minimum Gasteiger partial charge on any atom is -0.336 e. The van der Waals surface area contributed by atoms with E-state index in [4.69, 9.17) is 23.2 Å². The number of hydrogen-bond donors (Lipinski definition) is 0. The molecule has 0 heterocycles. The molecule has 5 nitrogen and oxygen atoms in total. The number of unbranched alkanes of at least 4 members (excludes halogenated alkanes) is 1. The fraction of sp³-hybridized carbons (Fsp3) is 0.500. The smallest absolute Gasteiger partial charge is 0.290 e. The summed E-state index contributed by atoms with van der Waals surface area (Å²) < 4.78 is 0. The normalized spacial score (nSPS) is 14.0. The van der Waals surface area contributed by atoms with Crippen molar-refractivity contribution < 1.29 is 9.72 Å². The van der Waals surface area contributed by atoms with Crippen LogP contribution in [0.3, 0.4) is 0 Å². The lowest BCUT2D eigenvalue weighted by Gasteiger charge is -2.22. The third-order valence-electron chi connectivity index (χ3n) is 3.45. The number of nitrogens with zero attached hydrogens (tertiary/aromatic N) is 2. The molecule has 0 spiro atoms. The quantitative estimate of drug-likeness (QED) is 0.576. The lowest BCUT2D eigenvalue weighted by Crippen LogP contribution is -2.34. The van der Waals surface area contributed by atoms with Crippen molar-refractivity contribution >= 4 is 34.8 Å². The summed E-state index contributed by atoms with van der Waals surface area (Å²) in [4.78, 5) is 24.7. The molecule has 1 fully saturated rings. The summed E-state index contributed by atoms with van der Waals surface area (Å²) in [6.07, 6.45) is 3.86. The third-order valence-corrected chi connectivity index (χ3v) is 4.25. The van der Waals surface area contributed by atoms with Gasteiger partial charge in [0.25, 0.3) is 11.6 Å². The predicted molar refractivity (Wildman–Crippen MR) is 82.1 cm³/mol. The summed E-state index contributed by atoms with van der Waals surface area (Å²) >= 11 is 11.7. The van der Waals surface area contributed by atoms with Crippen LogP contribution in [0.4, 0.5) is 5.69 Å². The maximum absolute atomic E-state index is 12.6. The lowest BCUT2D eigenvalue weighted by molar-refractivity contribution is -0.384. The Bertz CT molecular complexity index is 574. The van der Waals surface area contributed by atoms with Crippen molar-refractivity contribution in [2.45, 2.75) is 38.6 Å². The van der Waals surface area contributed by atoms with Crippen molar-refractivity contribution in [1.82, 2.24) is 4.90 Å². The van der Waals surface area contributed by atoms with Crippen LogP contribution < -0.4 is 0 Å². The molecule has 0 N–H and O–H groups in total. The van der Waals surface area contributed by atoms with Crippen LogP contribution in [0.2, 0.25) is 10.0 Å². The molecule has 7 heteroatoms. The monoisotopic (exact) mass is 330 g/mol. The molecule has 1 aliphatic carbocycles. The van der Waals surface area contributed by atoms with Crippen LogP contribution >= 0.6 is 23.2 Å². The zero-order valence-electron chi connectivity index (χ0n) is 11.6. The van der Waals surface area contributed by atoms with Crippen molar-refractivity contribution in [2.75, 3.05) is 6.54 Å². The van der Waals surface area contributed by atoms with Crippen molar-refractivity contribution in [3.8, 4) is 0 Å². The van der Waals surface area contributed by atoms with E-state index in [0.29, 0.717) is 6.54 Å². The lowest BCUT2D eigenvalue weighted by atomic mass is 10.1. The van der Waals surface area contributed by atoms with Crippen LogP contribution in [0, 0.1) is 10.1 Å². The maximum Gasteiger partial charge on any atom is 0.290 e. The van der Waals surface area contributed by atoms with Gasteiger partial charge in [-0.1, -0.05) is 36.5 Å². The van der Waals surface area contributed by atoms with Gasteiger partial charge in [0.2, 0.25) is 0 Å². The molecular formula is C14H16Cl2N2O3. The minimum atomic E-state index is -0.626. The van der Waals surface area contributed by atoms with E-state index in [-0.39, 0.29) is 33.2 Å². The fourth-order valence-electron chi connectivity index (χ4n) is 2.16. The number of amides is 1. The molecule has 0 radical (unpaired) electrons. The first-order valence-electron chi connectivity index (χ1n) is 6.90. The summed E-state index contributed by atoms with van der Waals surface area (Å²) in [6.45, 7) is 2.72. The van der Waals surface area contributed by atoms with Crippen molar-refractivity contribution in [1.29, 1.82) is 0 Å². The van der Waals surface area contributed by atoms with E-state index in [2.05, 4.69) is 6.92 Å². The standard InChI is InChI=1S/C14H16Cl2N2O3/c1-2-3-6-17(10-4-5-10)14(19)9-7-11(15)13(16)12(8-9)18(20)21/h7-8,10H,2-6H2,1H3. The first-order valence-corrected chi connectivity index (χ1v) is 7.65. The van der Waals surface area contributed by atoms with E-state index in [1.807, 2.05) is 0 Å². The Labute approximate surface area is 133 Å². The third kappa shape index (κ3) is 3.66. The number of hydrogen-bond acceptors (Lipinski definition) is 3. The number of benzene rings is 1. The molecule has 0 bridgehead atoms. The predicted octanol–water partition coefficient (Wildman–Crippen LogP) is 4.31. The second-order valence-electron chi connectivity index (χ2n) is 5.13. The highest BCUT2D eigenvalue weighted by atomic mass is 35.5.